The van der Waals surface area contributed by atoms with Crippen LogP contribution in [-0.2, 0) is 11.3 Å². The molecule has 1 aromatic heterocycles. The van der Waals surface area contributed by atoms with Gasteiger partial charge in [0.15, 0.2) is 11.0 Å². The molecule has 3 aromatic rings. The van der Waals surface area contributed by atoms with Crippen molar-refractivity contribution in [3.63, 3.8) is 0 Å². The lowest BCUT2D eigenvalue weighted by atomic mass is 10.1. The van der Waals surface area contributed by atoms with Crippen LogP contribution in [0.4, 0.5) is 5.69 Å². The Morgan fingerprint density at radius 2 is 1.92 bits per heavy atom. The number of halogens is 1. The number of amides is 2. The first-order valence-corrected chi connectivity index (χ1v) is 14.2. The van der Waals surface area contributed by atoms with E-state index in [-0.39, 0.29) is 23.6 Å². The summed E-state index contributed by atoms with van der Waals surface area (Å²) in [6.45, 7) is 4.51. The van der Waals surface area contributed by atoms with Gasteiger partial charge in [0.25, 0.3) is 5.91 Å². The maximum atomic E-state index is 13.0. The fraction of sp³-hybridized carbons (Fsp3) is 0.360. The van der Waals surface area contributed by atoms with Crippen molar-refractivity contribution < 1.29 is 14.3 Å². The number of benzene rings is 2. The molecule has 0 spiro atoms. The van der Waals surface area contributed by atoms with E-state index in [9.17, 15) is 9.59 Å². The average Bonchev–Trinajstić information content (AvgIpc) is 3.30. The summed E-state index contributed by atoms with van der Waals surface area (Å²) in [7, 11) is 1.59. The van der Waals surface area contributed by atoms with Gasteiger partial charge in [0.1, 0.15) is 5.75 Å². The molecule has 0 aliphatic rings. The second-order valence-electron chi connectivity index (χ2n) is 7.92. The van der Waals surface area contributed by atoms with Crippen LogP contribution in [0.5, 0.6) is 5.75 Å². The number of methoxy groups -OCH3 is 1. The molecule has 0 fully saturated rings. The van der Waals surface area contributed by atoms with E-state index >= 15 is 0 Å². The van der Waals surface area contributed by atoms with E-state index in [1.807, 2.05) is 30.7 Å². The number of aryl methyl sites for hydroxylation is 1. The van der Waals surface area contributed by atoms with E-state index in [1.54, 1.807) is 55.3 Å². The van der Waals surface area contributed by atoms with Gasteiger partial charge in [-0.05, 0) is 74.2 Å². The minimum Gasteiger partial charge on any atom is -0.497 e. The minimum atomic E-state index is -0.322. The molecule has 1 atom stereocenters. The van der Waals surface area contributed by atoms with Crippen LogP contribution in [0.15, 0.2) is 47.6 Å². The predicted octanol–water partition coefficient (Wildman–Crippen LogP) is 5.22. The number of aromatic nitrogens is 3. The Morgan fingerprint density at radius 1 is 1.17 bits per heavy atom. The van der Waals surface area contributed by atoms with E-state index in [0.717, 1.165) is 11.3 Å². The predicted molar refractivity (Wildman–Crippen MR) is 147 cm³/mol. The van der Waals surface area contributed by atoms with Crippen molar-refractivity contribution in [2.75, 3.05) is 30.2 Å². The van der Waals surface area contributed by atoms with E-state index in [2.05, 4.69) is 20.8 Å². The molecule has 0 aliphatic heterocycles. The molecule has 0 aliphatic carbocycles. The minimum absolute atomic E-state index is 0.163. The molecule has 2 amide bonds. The fourth-order valence-corrected chi connectivity index (χ4v) is 4.95. The molecule has 0 radical (unpaired) electrons. The summed E-state index contributed by atoms with van der Waals surface area (Å²) in [6, 6.07) is 12.0. The zero-order chi connectivity index (χ0) is 26.1. The third-order valence-electron chi connectivity index (χ3n) is 5.45. The van der Waals surface area contributed by atoms with Crippen molar-refractivity contribution in [3.05, 3.63) is 64.4 Å². The number of hydrogen-bond donors (Lipinski definition) is 2. The van der Waals surface area contributed by atoms with Crippen molar-refractivity contribution in [1.29, 1.82) is 0 Å². The van der Waals surface area contributed by atoms with E-state index in [0.29, 0.717) is 46.0 Å². The van der Waals surface area contributed by atoms with Crippen molar-refractivity contribution in [2.45, 2.75) is 38.0 Å². The number of nitrogens with one attached hydrogen (secondary N) is 2. The summed E-state index contributed by atoms with van der Waals surface area (Å²) in [5.41, 5.74) is 2.15. The lowest BCUT2D eigenvalue weighted by molar-refractivity contribution is -0.113. The molecule has 0 saturated carbocycles. The molecule has 11 heteroatoms. The Balaban J connectivity index is 1.71. The van der Waals surface area contributed by atoms with Gasteiger partial charge in [-0.3, -0.25) is 9.59 Å². The first-order valence-electron chi connectivity index (χ1n) is 11.4. The van der Waals surface area contributed by atoms with Gasteiger partial charge in [-0.2, -0.15) is 11.8 Å². The van der Waals surface area contributed by atoms with Gasteiger partial charge >= 0.3 is 0 Å². The molecule has 36 heavy (non-hydrogen) atoms. The molecular weight excluding hydrogens is 518 g/mol. The largest absolute Gasteiger partial charge is 0.497 e. The van der Waals surface area contributed by atoms with Crippen LogP contribution < -0.4 is 15.4 Å². The summed E-state index contributed by atoms with van der Waals surface area (Å²) in [5, 5.41) is 15.9. The Morgan fingerprint density at radius 3 is 2.58 bits per heavy atom. The van der Waals surface area contributed by atoms with E-state index in [1.165, 1.54) is 11.8 Å². The molecule has 1 unspecified atom stereocenters. The maximum Gasteiger partial charge on any atom is 0.251 e. The quantitative estimate of drug-likeness (QED) is 0.300. The zero-order valence-corrected chi connectivity index (χ0v) is 23.1. The molecule has 192 valence electrons. The van der Waals surface area contributed by atoms with Gasteiger partial charge in [-0.15, -0.1) is 10.2 Å². The number of ether oxygens (including phenoxy) is 1. The number of hydrogen-bond acceptors (Lipinski definition) is 7. The van der Waals surface area contributed by atoms with Crippen LogP contribution in [0, 0.1) is 6.92 Å². The van der Waals surface area contributed by atoms with Crippen LogP contribution in [0.3, 0.4) is 0 Å². The summed E-state index contributed by atoms with van der Waals surface area (Å²) < 4.78 is 7.12. The number of thioether (sulfide) groups is 2. The molecule has 2 N–H and O–H groups in total. The zero-order valence-electron chi connectivity index (χ0n) is 20.7. The second-order valence-corrected chi connectivity index (χ2v) is 10.3. The first kappa shape index (κ1) is 27.9. The highest BCUT2D eigenvalue weighted by molar-refractivity contribution is 7.99. The van der Waals surface area contributed by atoms with E-state index < -0.39 is 0 Å². The summed E-state index contributed by atoms with van der Waals surface area (Å²) in [4.78, 5) is 25.5. The highest BCUT2D eigenvalue weighted by Gasteiger charge is 2.23. The number of nitrogens with zero attached hydrogens (tertiary/aromatic N) is 3. The molecule has 8 nitrogen and oxygen atoms in total. The van der Waals surface area contributed by atoms with Gasteiger partial charge in [0.05, 0.1) is 18.9 Å². The summed E-state index contributed by atoms with van der Waals surface area (Å²) >= 11 is 9.05. The Kier molecular flexibility index (Phi) is 10.5. The van der Waals surface area contributed by atoms with E-state index in [4.69, 9.17) is 16.3 Å². The highest BCUT2D eigenvalue weighted by Crippen LogP contribution is 2.25. The third-order valence-corrected chi connectivity index (χ3v) is 7.29. The van der Waals surface area contributed by atoms with Crippen LogP contribution >= 0.6 is 35.1 Å². The van der Waals surface area contributed by atoms with Gasteiger partial charge in [0.2, 0.25) is 5.91 Å². The third kappa shape index (κ3) is 7.41. The van der Waals surface area contributed by atoms with Crippen LogP contribution in [0.1, 0.15) is 41.1 Å². The molecule has 3 rings (SSSR count). The second kappa shape index (κ2) is 13.6. The van der Waals surface area contributed by atoms with Gasteiger partial charge < -0.3 is 19.9 Å². The SMILES string of the molecule is CCn1c(SCC(=O)Nc2cc(Cl)ccc2C)nnc1C(CCSC)NC(=O)c1ccc(OC)cc1. The van der Waals surface area contributed by atoms with Crippen molar-refractivity contribution in [3.8, 4) is 5.75 Å². The molecular formula is C25H30ClN5O3S2. The average molecular weight is 548 g/mol. The van der Waals surface area contributed by atoms with Crippen molar-refractivity contribution in [2.24, 2.45) is 0 Å². The first-order chi connectivity index (χ1) is 17.4. The number of carbonyl (C=O) groups excluding carboxylic acids is 2. The van der Waals surface area contributed by atoms with Crippen LogP contribution in [0.2, 0.25) is 5.02 Å². The molecule has 0 saturated heterocycles. The summed E-state index contributed by atoms with van der Waals surface area (Å²) in [6.07, 6.45) is 2.72. The molecule has 1 heterocycles. The Bertz CT molecular complexity index is 1190. The summed E-state index contributed by atoms with van der Waals surface area (Å²) in [5.74, 6) is 2.00. The monoisotopic (exact) mass is 547 g/mol. The fourth-order valence-electron chi connectivity index (χ4n) is 3.49. The number of anilines is 1. The van der Waals surface area contributed by atoms with Crippen molar-refractivity contribution in [1.82, 2.24) is 20.1 Å². The standard InChI is InChI=1S/C25H30ClN5O3S2/c1-5-31-23(20(12-13-35-4)28-24(33)17-7-10-19(34-3)11-8-17)29-30-25(31)36-15-22(32)27-21-14-18(26)9-6-16(21)2/h6-11,14,20H,5,12-13,15H2,1-4H3,(H,27,32)(H,28,33). The molecule has 0 bridgehead atoms. The molecule has 2 aromatic carbocycles. The maximum absolute atomic E-state index is 13.0. The highest BCUT2D eigenvalue weighted by atomic mass is 35.5. The number of rotatable bonds is 12. The number of carbonyl (C=O) groups is 2. The lowest BCUT2D eigenvalue weighted by Gasteiger charge is -2.19. The lowest BCUT2D eigenvalue weighted by Crippen LogP contribution is -2.31. The van der Waals surface area contributed by atoms with Crippen molar-refractivity contribution >= 4 is 52.6 Å². The van der Waals surface area contributed by atoms with Gasteiger partial charge in [0, 0.05) is 22.8 Å². The van der Waals surface area contributed by atoms with Gasteiger partial charge in [-0.25, -0.2) is 0 Å². The Labute approximate surface area is 224 Å². The van der Waals surface area contributed by atoms with Crippen LogP contribution in [0.25, 0.3) is 0 Å². The van der Waals surface area contributed by atoms with Gasteiger partial charge in [-0.1, -0.05) is 29.4 Å². The smallest absolute Gasteiger partial charge is 0.251 e. The Hall–Kier alpha value is -2.69. The normalized spacial score (nSPS) is 11.7. The topological polar surface area (TPSA) is 98.1 Å². The van der Waals surface area contributed by atoms with Crippen LogP contribution in [-0.4, -0.2) is 51.5 Å².